The molecule has 0 aliphatic rings. The van der Waals surface area contributed by atoms with E-state index in [4.69, 9.17) is 5.73 Å². The van der Waals surface area contributed by atoms with Gasteiger partial charge in [-0.3, -0.25) is 0 Å². The molecule has 0 saturated carbocycles. The Hall–Kier alpha value is -1.16. The van der Waals surface area contributed by atoms with E-state index in [1.165, 1.54) is 16.0 Å². The monoisotopic (exact) mass is 246 g/mol. The Bertz CT molecular complexity index is 434. The molecule has 0 saturated heterocycles. The van der Waals surface area contributed by atoms with Crippen LogP contribution in [0.4, 0.5) is 0 Å². The van der Waals surface area contributed by atoms with E-state index < -0.39 is 0 Å². The summed E-state index contributed by atoms with van der Waals surface area (Å²) in [5.74, 6) is 0. The second kappa shape index (κ2) is 5.96. The van der Waals surface area contributed by atoms with Crippen molar-refractivity contribution in [3.8, 4) is 0 Å². The number of benzene rings is 1. The second-order valence-corrected chi connectivity index (χ2v) is 5.19. The normalized spacial score (nSPS) is 12.6. The van der Waals surface area contributed by atoms with Crippen LogP contribution in [0.25, 0.3) is 0 Å². The lowest BCUT2D eigenvalue weighted by Crippen LogP contribution is -2.27. The van der Waals surface area contributed by atoms with Crippen LogP contribution in [-0.4, -0.2) is 6.54 Å². The topological polar surface area (TPSA) is 38.0 Å². The van der Waals surface area contributed by atoms with E-state index in [0.717, 1.165) is 6.54 Å². The summed E-state index contributed by atoms with van der Waals surface area (Å²) in [7, 11) is 0. The fraction of sp³-hybridized carbons (Fsp3) is 0.286. The summed E-state index contributed by atoms with van der Waals surface area (Å²) in [5.41, 5.74) is 8.36. The third-order valence-electron chi connectivity index (χ3n) is 2.82. The minimum atomic E-state index is 0.234. The minimum Gasteiger partial charge on any atom is -0.329 e. The lowest BCUT2D eigenvalue weighted by molar-refractivity contribution is 0.545. The van der Waals surface area contributed by atoms with Crippen molar-refractivity contribution in [1.82, 2.24) is 5.32 Å². The summed E-state index contributed by atoms with van der Waals surface area (Å²) in [4.78, 5) is 1.34. The van der Waals surface area contributed by atoms with Gasteiger partial charge in [-0.05, 0) is 23.9 Å². The number of nitrogens with one attached hydrogen (secondary N) is 1. The fourth-order valence-corrected chi connectivity index (χ4v) is 2.43. The summed E-state index contributed by atoms with van der Waals surface area (Å²) in [6.07, 6.45) is 0. The quantitative estimate of drug-likeness (QED) is 0.851. The summed E-state index contributed by atoms with van der Waals surface area (Å²) in [5, 5.41) is 5.59. The van der Waals surface area contributed by atoms with Crippen LogP contribution in [0.15, 0.2) is 41.8 Å². The van der Waals surface area contributed by atoms with E-state index in [1.54, 1.807) is 11.3 Å². The largest absolute Gasteiger partial charge is 0.329 e. The average molecular weight is 246 g/mol. The Labute approximate surface area is 106 Å². The molecule has 90 valence electrons. The molecule has 0 fully saturated rings. The molecule has 2 nitrogen and oxygen atoms in total. The molecule has 3 heteroatoms. The summed E-state index contributed by atoms with van der Waals surface area (Å²) >= 11 is 1.77. The maximum atomic E-state index is 5.82. The van der Waals surface area contributed by atoms with Gasteiger partial charge in [-0.1, -0.05) is 35.9 Å². The van der Waals surface area contributed by atoms with Crippen molar-refractivity contribution in [2.45, 2.75) is 19.5 Å². The molecule has 0 aliphatic carbocycles. The Morgan fingerprint density at radius 1 is 1.24 bits per heavy atom. The van der Waals surface area contributed by atoms with E-state index in [1.807, 2.05) is 0 Å². The molecule has 1 heterocycles. The van der Waals surface area contributed by atoms with Gasteiger partial charge < -0.3 is 11.1 Å². The molecule has 1 aromatic heterocycles. The van der Waals surface area contributed by atoms with Crippen molar-refractivity contribution in [3.63, 3.8) is 0 Å². The van der Waals surface area contributed by atoms with Crippen LogP contribution >= 0.6 is 11.3 Å². The van der Waals surface area contributed by atoms with Gasteiger partial charge in [-0.25, -0.2) is 0 Å². The highest BCUT2D eigenvalue weighted by Gasteiger charge is 2.08. The van der Waals surface area contributed by atoms with Crippen molar-refractivity contribution in [2.24, 2.45) is 5.73 Å². The van der Waals surface area contributed by atoms with Crippen LogP contribution in [-0.2, 0) is 6.54 Å². The second-order valence-electron chi connectivity index (χ2n) is 4.16. The van der Waals surface area contributed by atoms with Crippen molar-refractivity contribution in [3.05, 3.63) is 57.8 Å². The first-order chi connectivity index (χ1) is 8.29. The maximum absolute atomic E-state index is 5.82. The van der Waals surface area contributed by atoms with E-state index in [0.29, 0.717) is 6.54 Å². The molecule has 0 radical (unpaired) electrons. The van der Waals surface area contributed by atoms with Crippen LogP contribution in [0.2, 0.25) is 0 Å². The third kappa shape index (κ3) is 3.40. The van der Waals surface area contributed by atoms with Gasteiger partial charge in [0.15, 0.2) is 0 Å². The third-order valence-corrected chi connectivity index (χ3v) is 3.69. The average Bonchev–Trinajstić information content (AvgIpc) is 2.85. The molecule has 0 amide bonds. The van der Waals surface area contributed by atoms with Gasteiger partial charge in [-0.2, -0.15) is 0 Å². The number of hydrogen-bond acceptors (Lipinski definition) is 3. The number of nitrogens with two attached hydrogens (primary N) is 1. The maximum Gasteiger partial charge on any atom is 0.0447 e. The van der Waals surface area contributed by atoms with Crippen LogP contribution < -0.4 is 11.1 Å². The number of aryl methyl sites for hydroxylation is 1. The van der Waals surface area contributed by atoms with E-state index >= 15 is 0 Å². The van der Waals surface area contributed by atoms with Crippen molar-refractivity contribution in [1.29, 1.82) is 0 Å². The zero-order chi connectivity index (χ0) is 12.1. The van der Waals surface area contributed by atoms with E-state index in [-0.39, 0.29) is 6.04 Å². The Kier molecular flexibility index (Phi) is 4.31. The highest BCUT2D eigenvalue weighted by molar-refractivity contribution is 7.09. The summed E-state index contributed by atoms with van der Waals surface area (Å²) in [6.45, 7) is 3.60. The Balaban J connectivity index is 1.99. The van der Waals surface area contributed by atoms with Crippen LogP contribution in [0.3, 0.4) is 0 Å². The fourth-order valence-electron chi connectivity index (χ4n) is 1.77. The number of thiophene rings is 1. The molecular weight excluding hydrogens is 228 g/mol. The molecule has 1 unspecified atom stereocenters. The van der Waals surface area contributed by atoms with Gasteiger partial charge >= 0.3 is 0 Å². The van der Waals surface area contributed by atoms with Gasteiger partial charge in [0, 0.05) is 24.0 Å². The molecule has 2 aromatic rings. The molecule has 2 rings (SSSR count). The predicted molar refractivity (Wildman–Crippen MR) is 74.1 cm³/mol. The van der Waals surface area contributed by atoms with Gasteiger partial charge in [0.1, 0.15) is 0 Å². The zero-order valence-electron chi connectivity index (χ0n) is 10.0. The molecule has 1 aromatic carbocycles. The summed E-state index contributed by atoms with van der Waals surface area (Å²) in [6, 6.07) is 13.0. The number of rotatable bonds is 5. The Morgan fingerprint density at radius 2 is 2.00 bits per heavy atom. The molecule has 1 atom stereocenters. The first-order valence-electron chi connectivity index (χ1n) is 5.82. The predicted octanol–water partition coefficient (Wildman–Crippen LogP) is 2.85. The van der Waals surface area contributed by atoms with Crippen LogP contribution in [0.1, 0.15) is 22.0 Å². The zero-order valence-corrected chi connectivity index (χ0v) is 10.8. The SMILES string of the molecule is Cc1ccc(C(CN)NCc2cccs2)cc1. The molecule has 0 spiro atoms. The molecule has 0 bridgehead atoms. The first-order valence-corrected chi connectivity index (χ1v) is 6.70. The lowest BCUT2D eigenvalue weighted by Gasteiger charge is -2.17. The number of hydrogen-bond donors (Lipinski definition) is 2. The smallest absolute Gasteiger partial charge is 0.0447 e. The van der Waals surface area contributed by atoms with Crippen molar-refractivity contribution in [2.75, 3.05) is 6.54 Å². The minimum absolute atomic E-state index is 0.234. The Morgan fingerprint density at radius 3 is 2.59 bits per heavy atom. The van der Waals surface area contributed by atoms with E-state index in [2.05, 4.69) is 54.0 Å². The molecular formula is C14H18N2S. The van der Waals surface area contributed by atoms with Gasteiger partial charge in [0.2, 0.25) is 0 Å². The van der Waals surface area contributed by atoms with Gasteiger partial charge in [-0.15, -0.1) is 11.3 Å². The van der Waals surface area contributed by atoms with Crippen LogP contribution in [0.5, 0.6) is 0 Å². The van der Waals surface area contributed by atoms with Gasteiger partial charge in [0.05, 0.1) is 0 Å². The van der Waals surface area contributed by atoms with Gasteiger partial charge in [0.25, 0.3) is 0 Å². The highest BCUT2D eigenvalue weighted by Crippen LogP contribution is 2.15. The molecule has 3 N–H and O–H groups in total. The molecule has 17 heavy (non-hydrogen) atoms. The first kappa shape index (κ1) is 12.3. The molecule has 0 aliphatic heterocycles. The standard InChI is InChI=1S/C14H18N2S/c1-11-4-6-12(7-5-11)14(9-15)16-10-13-3-2-8-17-13/h2-8,14,16H,9-10,15H2,1H3. The van der Waals surface area contributed by atoms with Crippen LogP contribution in [0, 0.1) is 6.92 Å². The van der Waals surface area contributed by atoms with E-state index in [9.17, 15) is 0 Å². The lowest BCUT2D eigenvalue weighted by atomic mass is 10.1. The van der Waals surface area contributed by atoms with Crippen molar-refractivity contribution < 1.29 is 0 Å². The van der Waals surface area contributed by atoms with Crippen molar-refractivity contribution >= 4 is 11.3 Å². The summed E-state index contributed by atoms with van der Waals surface area (Å²) < 4.78 is 0. The highest BCUT2D eigenvalue weighted by atomic mass is 32.1.